The molecule has 0 radical (unpaired) electrons. The van der Waals surface area contributed by atoms with E-state index in [2.05, 4.69) is 15.8 Å². The van der Waals surface area contributed by atoms with E-state index in [1.54, 1.807) is 78.9 Å². The van der Waals surface area contributed by atoms with Gasteiger partial charge in [0.05, 0.1) is 6.21 Å². The molecule has 9 heteroatoms. The average molecular weight is 548 g/mol. The second-order valence-electron chi connectivity index (χ2n) is 8.02. The van der Waals surface area contributed by atoms with Gasteiger partial charge in [-0.1, -0.05) is 47.5 Å². The first-order chi connectivity index (χ1) is 18.5. The standard InChI is InChI=1S/C29H23Cl2N3O4/c30-23-11-8-22(27(31)16-23)18-37-26-14-9-21(10-15-26)29(36)34-32-17-20-6-12-25(13-7-20)38-19-28(35)33-24-4-2-1-3-5-24/h1-17H,18-19H2,(H,33,35)(H,34,36)/b32-17+. The minimum atomic E-state index is -0.363. The van der Waals surface area contributed by atoms with Gasteiger partial charge >= 0.3 is 0 Å². The van der Waals surface area contributed by atoms with E-state index < -0.39 is 0 Å². The molecule has 7 nitrogen and oxygen atoms in total. The first-order valence-electron chi connectivity index (χ1n) is 11.5. The lowest BCUT2D eigenvalue weighted by molar-refractivity contribution is -0.118. The Bertz CT molecular complexity index is 1410. The third-order valence-corrected chi connectivity index (χ3v) is 5.80. The zero-order valence-electron chi connectivity index (χ0n) is 20.1. The number of carbonyl (C=O) groups excluding carboxylic acids is 2. The molecule has 0 aliphatic carbocycles. The van der Waals surface area contributed by atoms with Crippen molar-refractivity contribution in [3.05, 3.63) is 124 Å². The van der Waals surface area contributed by atoms with E-state index in [9.17, 15) is 9.59 Å². The molecule has 0 saturated carbocycles. The highest BCUT2D eigenvalue weighted by atomic mass is 35.5. The van der Waals surface area contributed by atoms with Crippen LogP contribution in [0.4, 0.5) is 5.69 Å². The number of ether oxygens (including phenoxy) is 2. The monoisotopic (exact) mass is 547 g/mol. The summed E-state index contributed by atoms with van der Waals surface area (Å²) >= 11 is 12.1. The first kappa shape index (κ1) is 26.7. The summed E-state index contributed by atoms with van der Waals surface area (Å²) in [6.07, 6.45) is 1.51. The van der Waals surface area contributed by atoms with Crippen LogP contribution in [0, 0.1) is 0 Å². The van der Waals surface area contributed by atoms with Crippen LogP contribution in [0.5, 0.6) is 11.5 Å². The van der Waals surface area contributed by atoms with Crippen LogP contribution in [0.25, 0.3) is 0 Å². The number of nitrogens with zero attached hydrogens (tertiary/aromatic N) is 1. The molecule has 38 heavy (non-hydrogen) atoms. The number of hydrazone groups is 1. The van der Waals surface area contributed by atoms with Gasteiger partial charge in [0.1, 0.15) is 18.1 Å². The number of hydrogen-bond acceptors (Lipinski definition) is 5. The topological polar surface area (TPSA) is 89.0 Å². The van der Waals surface area contributed by atoms with Crippen LogP contribution < -0.4 is 20.2 Å². The van der Waals surface area contributed by atoms with Gasteiger partial charge in [0.2, 0.25) is 0 Å². The molecule has 0 aromatic heterocycles. The number of amides is 2. The molecular formula is C29H23Cl2N3O4. The van der Waals surface area contributed by atoms with Crippen LogP contribution >= 0.6 is 23.2 Å². The van der Waals surface area contributed by atoms with E-state index in [0.29, 0.717) is 32.8 Å². The molecule has 0 aliphatic heterocycles. The highest BCUT2D eigenvalue weighted by molar-refractivity contribution is 6.35. The van der Waals surface area contributed by atoms with Crippen molar-refractivity contribution < 1.29 is 19.1 Å². The molecule has 0 heterocycles. The molecule has 0 aliphatic rings. The Morgan fingerprint density at radius 1 is 0.816 bits per heavy atom. The van der Waals surface area contributed by atoms with Gasteiger partial charge in [-0.3, -0.25) is 9.59 Å². The average Bonchev–Trinajstić information content (AvgIpc) is 2.93. The minimum absolute atomic E-state index is 0.114. The molecule has 192 valence electrons. The van der Waals surface area contributed by atoms with Crippen LogP contribution in [-0.2, 0) is 11.4 Å². The highest BCUT2D eigenvalue weighted by Gasteiger charge is 2.07. The Kier molecular flexibility index (Phi) is 9.34. The summed E-state index contributed by atoms with van der Waals surface area (Å²) in [6, 6.07) is 28.0. The van der Waals surface area contributed by atoms with Crippen LogP contribution in [0.3, 0.4) is 0 Å². The molecule has 0 fully saturated rings. The van der Waals surface area contributed by atoms with E-state index in [0.717, 1.165) is 11.1 Å². The summed E-state index contributed by atoms with van der Waals surface area (Å²) in [5, 5.41) is 7.84. The van der Waals surface area contributed by atoms with E-state index >= 15 is 0 Å². The lowest BCUT2D eigenvalue weighted by atomic mass is 10.2. The molecule has 0 spiro atoms. The van der Waals surface area contributed by atoms with Gasteiger partial charge in [-0.2, -0.15) is 5.10 Å². The quantitative estimate of drug-likeness (QED) is 0.179. The van der Waals surface area contributed by atoms with Gasteiger partial charge in [-0.05, 0) is 78.4 Å². The predicted octanol–water partition coefficient (Wildman–Crippen LogP) is 6.35. The summed E-state index contributed by atoms with van der Waals surface area (Å²) < 4.78 is 11.2. The Labute approximate surface area is 230 Å². The number of para-hydroxylation sites is 1. The largest absolute Gasteiger partial charge is 0.489 e. The Balaban J connectivity index is 1.21. The van der Waals surface area contributed by atoms with Gasteiger partial charge < -0.3 is 14.8 Å². The number of halogens is 2. The summed E-state index contributed by atoms with van der Waals surface area (Å²) in [5.74, 6) is 0.513. The lowest BCUT2D eigenvalue weighted by Crippen LogP contribution is -2.20. The van der Waals surface area contributed by atoms with Gasteiger partial charge in [0.25, 0.3) is 11.8 Å². The van der Waals surface area contributed by atoms with E-state index in [4.69, 9.17) is 32.7 Å². The number of benzene rings is 4. The van der Waals surface area contributed by atoms with Crippen LogP contribution in [-0.4, -0.2) is 24.6 Å². The maximum atomic E-state index is 12.4. The smallest absolute Gasteiger partial charge is 0.271 e. The van der Waals surface area contributed by atoms with Gasteiger partial charge in [0, 0.05) is 26.9 Å². The van der Waals surface area contributed by atoms with Crippen LogP contribution in [0.15, 0.2) is 102 Å². The van der Waals surface area contributed by atoms with Crippen molar-refractivity contribution in [1.82, 2.24) is 5.43 Å². The van der Waals surface area contributed by atoms with Gasteiger partial charge in [-0.25, -0.2) is 5.43 Å². The molecule has 4 aromatic carbocycles. The predicted molar refractivity (Wildman–Crippen MR) is 149 cm³/mol. The molecule has 4 rings (SSSR count). The van der Waals surface area contributed by atoms with Gasteiger partial charge in [-0.15, -0.1) is 0 Å². The Morgan fingerprint density at radius 3 is 2.21 bits per heavy atom. The Morgan fingerprint density at radius 2 is 1.50 bits per heavy atom. The van der Waals surface area contributed by atoms with E-state index in [-0.39, 0.29) is 25.0 Å². The molecule has 4 aromatic rings. The fourth-order valence-corrected chi connectivity index (χ4v) is 3.71. The van der Waals surface area contributed by atoms with Crippen molar-refractivity contribution in [3.63, 3.8) is 0 Å². The van der Waals surface area contributed by atoms with Crippen LogP contribution in [0.2, 0.25) is 10.0 Å². The van der Waals surface area contributed by atoms with Crippen molar-refractivity contribution in [2.45, 2.75) is 6.61 Å². The zero-order valence-corrected chi connectivity index (χ0v) is 21.6. The van der Waals surface area contributed by atoms with Gasteiger partial charge in [0.15, 0.2) is 6.61 Å². The molecule has 2 amide bonds. The normalized spacial score (nSPS) is 10.7. The number of carbonyl (C=O) groups is 2. The van der Waals surface area contributed by atoms with Crippen molar-refractivity contribution in [1.29, 1.82) is 0 Å². The van der Waals surface area contributed by atoms with E-state index in [1.807, 2.05) is 18.2 Å². The van der Waals surface area contributed by atoms with Crippen molar-refractivity contribution in [2.24, 2.45) is 5.10 Å². The summed E-state index contributed by atoms with van der Waals surface area (Å²) in [7, 11) is 0. The number of hydrogen-bond donors (Lipinski definition) is 2. The van der Waals surface area contributed by atoms with E-state index in [1.165, 1.54) is 6.21 Å². The summed E-state index contributed by atoms with van der Waals surface area (Å²) in [6.45, 7) is 0.160. The van der Waals surface area contributed by atoms with Crippen molar-refractivity contribution in [2.75, 3.05) is 11.9 Å². The molecule has 0 saturated heterocycles. The molecular weight excluding hydrogens is 525 g/mol. The maximum Gasteiger partial charge on any atom is 0.271 e. The second-order valence-corrected chi connectivity index (χ2v) is 8.86. The Hall–Kier alpha value is -4.33. The number of anilines is 1. The first-order valence-corrected chi connectivity index (χ1v) is 12.3. The van der Waals surface area contributed by atoms with Crippen molar-refractivity contribution in [3.8, 4) is 11.5 Å². The zero-order chi connectivity index (χ0) is 26.7. The third-order valence-electron chi connectivity index (χ3n) is 5.21. The lowest BCUT2D eigenvalue weighted by Gasteiger charge is -2.09. The fourth-order valence-electron chi connectivity index (χ4n) is 3.25. The molecule has 0 atom stereocenters. The number of rotatable bonds is 10. The summed E-state index contributed by atoms with van der Waals surface area (Å²) in [4.78, 5) is 24.4. The highest BCUT2D eigenvalue weighted by Crippen LogP contribution is 2.23. The number of nitrogens with one attached hydrogen (secondary N) is 2. The fraction of sp³-hybridized carbons (Fsp3) is 0.0690. The second kappa shape index (κ2) is 13.3. The molecule has 2 N–H and O–H groups in total. The molecule has 0 bridgehead atoms. The minimum Gasteiger partial charge on any atom is -0.489 e. The van der Waals surface area contributed by atoms with Crippen molar-refractivity contribution >= 4 is 46.9 Å². The van der Waals surface area contributed by atoms with Crippen LogP contribution in [0.1, 0.15) is 21.5 Å². The molecule has 0 unspecified atom stereocenters. The maximum absolute atomic E-state index is 12.4. The SMILES string of the molecule is O=C(COc1ccc(/C=N/NC(=O)c2ccc(OCc3ccc(Cl)cc3Cl)cc2)cc1)Nc1ccccc1. The third kappa shape index (κ3) is 8.09. The summed E-state index contributed by atoms with van der Waals surface area (Å²) in [5.41, 5.74) is 5.18.